The molecule has 0 spiro atoms. The highest BCUT2D eigenvalue weighted by Gasteiger charge is 2.35. The molecule has 0 saturated heterocycles. The van der Waals surface area contributed by atoms with Crippen LogP contribution in [0.1, 0.15) is 48.2 Å². The maximum Gasteiger partial charge on any atom is 0.342 e. The van der Waals surface area contributed by atoms with Crippen molar-refractivity contribution in [3.63, 3.8) is 0 Å². The predicted molar refractivity (Wildman–Crippen MR) is 131 cm³/mol. The first kappa shape index (κ1) is 25.6. The van der Waals surface area contributed by atoms with Gasteiger partial charge in [0.1, 0.15) is 0 Å². The van der Waals surface area contributed by atoms with Gasteiger partial charge in [0, 0.05) is 12.8 Å². The van der Waals surface area contributed by atoms with E-state index in [0.717, 1.165) is 25.7 Å². The molecule has 0 aliphatic heterocycles. The highest BCUT2D eigenvalue weighted by molar-refractivity contribution is 5.30. The lowest BCUT2D eigenvalue weighted by molar-refractivity contribution is -0.772. The molecule has 2 heterocycles. The van der Waals surface area contributed by atoms with Gasteiger partial charge >= 0.3 is 11.8 Å². The van der Waals surface area contributed by atoms with E-state index in [2.05, 4.69) is 55.6 Å². The molecule has 37 heavy (non-hydrogen) atoms. The third-order valence-electron chi connectivity index (χ3n) is 6.09. The van der Waals surface area contributed by atoms with Crippen molar-refractivity contribution in [1.29, 1.82) is 0 Å². The van der Waals surface area contributed by atoms with Gasteiger partial charge in [0.15, 0.2) is 13.1 Å². The van der Waals surface area contributed by atoms with Crippen LogP contribution in [0.2, 0.25) is 0 Å². The molecule has 0 fully saturated rings. The number of aromatic nitrogens is 4. The Morgan fingerprint density at radius 3 is 1.86 bits per heavy atom. The van der Waals surface area contributed by atoms with Gasteiger partial charge in [-0.2, -0.15) is 0 Å². The van der Waals surface area contributed by atoms with E-state index in [-0.39, 0.29) is 17.7 Å². The molecule has 12 heteroatoms. The third kappa shape index (κ3) is 6.81. The van der Waals surface area contributed by atoms with E-state index in [1.54, 1.807) is 9.36 Å². The summed E-state index contributed by atoms with van der Waals surface area (Å²) in [7, 11) is 0. The Labute approximate surface area is 213 Å². The Balaban J connectivity index is 1.50. The summed E-state index contributed by atoms with van der Waals surface area (Å²) in [5.41, 5.74) is 3.64. The lowest BCUT2D eigenvalue weighted by atomic mass is 10.0. The van der Waals surface area contributed by atoms with E-state index in [1.165, 1.54) is 11.1 Å². The average Bonchev–Trinajstić information content (AvgIpc) is 3.49. The molecule has 1 unspecified atom stereocenters. The second-order valence-corrected chi connectivity index (χ2v) is 8.68. The Kier molecular flexibility index (Phi) is 9.00. The summed E-state index contributed by atoms with van der Waals surface area (Å²) in [5, 5.41) is 42.4. The highest BCUT2D eigenvalue weighted by Crippen LogP contribution is 2.29. The zero-order chi connectivity index (χ0) is 25.9. The smallest absolute Gasteiger partial charge is 0.342 e. The fraction of sp³-hybridized carbons (Fsp3) is 0.360. The molecule has 1 atom stereocenters. The van der Waals surface area contributed by atoms with Crippen molar-refractivity contribution in [2.45, 2.75) is 58.0 Å². The van der Waals surface area contributed by atoms with E-state index in [0.29, 0.717) is 30.9 Å². The molecule has 192 valence electrons. The molecule has 0 radical (unpaired) electrons. The minimum absolute atomic E-state index is 0.0423. The molecule has 2 aromatic carbocycles. The van der Waals surface area contributed by atoms with Gasteiger partial charge in [-0.05, 0) is 33.3 Å². The van der Waals surface area contributed by atoms with Gasteiger partial charge in [0.2, 0.25) is 10.5 Å². The van der Waals surface area contributed by atoms with Crippen LogP contribution < -0.4 is 9.36 Å². The summed E-state index contributed by atoms with van der Waals surface area (Å²) >= 11 is 0. The third-order valence-corrected chi connectivity index (χ3v) is 6.09. The monoisotopic (exact) mass is 504 g/mol. The Morgan fingerprint density at radius 2 is 1.27 bits per heavy atom. The van der Waals surface area contributed by atoms with E-state index in [9.17, 15) is 10.4 Å². The topological polar surface area (TPSA) is 155 Å². The van der Waals surface area contributed by atoms with Crippen molar-refractivity contribution in [3.05, 3.63) is 93.6 Å². The fourth-order valence-corrected chi connectivity index (χ4v) is 4.35. The van der Waals surface area contributed by atoms with Crippen LogP contribution in [0.15, 0.2) is 90.5 Å². The van der Waals surface area contributed by atoms with Crippen molar-refractivity contribution < 1.29 is 18.4 Å². The second kappa shape index (κ2) is 13.0. The van der Waals surface area contributed by atoms with Crippen molar-refractivity contribution in [2.24, 2.45) is 20.8 Å². The van der Waals surface area contributed by atoms with Gasteiger partial charge in [0.05, 0.1) is 12.3 Å². The maximum absolute atomic E-state index is 10.9. The van der Waals surface area contributed by atoms with E-state index in [4.69, 9.17) is 9.05 Å². The SMILES string of the molecule is CC(Cc1c(/N=N\[O-])on[n+]1CCCc1ccccc1)c1c(/N=N/[O-])on[n+]1CCCc1ccccc1. The molecule has 12 nitrogen and oxygen atoms in total. The number of rotatable bonds is 13. The molecule has 0 aliphatic rings. The lowest BCUT2D eigenvalue weighted by Crippen LogP contribution is -2.43. The first-order chi connectivity index (χ1) is 18.2. The fourth-order valence-electron chi connectivity index (χ4n) is 4.35. The van der Waals surface area contributed by atoms with Gasteiger partial charge in [-0.15, -0.1) is 10.2 Å². The summed E-state index contributed by atoms with van der Waals surface area (Å²) in [6.07, 6.45) is 3.68. The number of hydrogen-bond acceptors (Lipinski definition) is 10. The van der Waals surface area contributed by atoms with Gasteiger partial charge < -0.3 is 10.4 Å². The Bertz CT molecular complexity index is 1300. The lowest BCUT2D eigenvalue weighted by Gasteiger charge is -2.04. The van der Waals surface area contributed by atoms with Crippen LogP contribution in [-0.4, -0.2) is 10.5 Å². The maximum atomic E-state index is 10.9. The van der Waals surface area contributed by atoms with Crippen LogP contribution in [0.3, 0.4) is 0 Å². The summed E-state index contributed by atoms with van der Waals surface area (Å²) in [4.78, 5) is 0. The molecule has 0 saturated carbocycles. The van der Waals surface area contributed by atoms with Crippen molar-refractivity contribution >= 4 is 11.8 Å². The number of hydrogen-bond donors (Lipinski definition) is 0. The molecular formula is C25H28N8O4. The van der Waals surface area contributed by atoms with Crippen LogP contribution in [0, 0.1) is 10.4 Å². The Morgan fingerprint density at radius 1 is 0.757 bits per heavy atom. The average molecular weight is 505 g/mol. The standard InChI is InChI=1S/C25H28N8O4/c1-19(23-25(27-29-35)37-31-33(23)17-9-15-21-12-6-3-7-13-21)18-22-24(26-28-34)36-30-32(22)16-8-14-20-10-4-2-5-11-20/h2-7,10-13,19H,8-9,14-18H2,1H3. The molecule has 2 aromatic heterocycles. The number of aryl methyl sites for hydroxylation is 4. The number of benzene rings is 2. The van der Waals surface area contributed by atoms with E-state index < -0.39 is 0 Å². The molecule has 0 amide bonds. The van der Waals surface area contributed by atoms with Crippen LogP contribution in [0.25, 0.3) is 0 Å². The van der Waals surface area contributed by atoms with Crippen LogP contribution in [0.4, 0.5) is 11.8 Å². The molecule has 0 N–H and O–H groups in total. The van der Waals surface area contributed by atoms with Gasteiger partial charge in [-0.3, -0.25) is 9.05 Å². The summed E-state index contributed by atoms with van der Waals surface area (Å²) in [5.74, 6) is -0.161. The molecule has 0 aliphatic carbocycles. The minimum atomic E-state index is -0.246. The summed E-state index contributed by atoms with van der Waals surface area (Å²) < 4.78 is 14.0. The zero-order valence-electron chi connectivity index (χ0n) is 20.5. The largest absolute Gasteiger partial charge is 0.775 e. The molecule has 4 rings (SSSR count). The normalized spacial score (nSPS) is 12.6. The predicted octanol–water partition coefficient (Wildman–Crippen LogP) is 5.01. The van der Waals surface area contributed by atoms with Crippen LogP contribution >= 0.6 is 0 Å². The van der Waals surface area contributed by atoms with Crippen molar-refractivity contribution in [2.75, 3.05) is 0 Å². The Hall–Kier alpha value is -4.48. The first-order valence-corrected chi connectivity index (χ1v) is 12.1. The number of nitrogens with zero attached hydrogens (tertiary/aromatic N) is 8. The zero-order valence-corrected chi connectivity index (χ0v) is 20.5. The molecule has 4 aromatic rings. The van der Waals surface area contributed by atoms with Gasteiger partial charge in [0.25, 0.3) is 11.4 Å². The van der Waals surface area contributed by atoms with E-state index in [1.807, 2.05) is 43.3 Å². The summed E-state index contributed by atoms with van der Waals surface area (Å²) in [6, 6.07) is 20.3. The summed E-state index contributed by atoms with van der Waals surface area (Å²) in [6.45, 7) is 3.05. The highest BCUT2D eigenvalue weighted by atomic mass is 16.5. The van der Waals surface area contributed by atoms with Gasteiger partial charge in [-0.1, -0.05) is 67.6 Å². The van der Waals surface area contributed by atoms with Crippen LogP contribution in [-0.2, 0) is 32.4 Å². The second-order valence-electron chi connectivity index (χ2n) is 8.68. The van der Waals surface area contributed by atoms with Crippen LogP contribution in [0.5, 0.6) is 0 Å². The molecular weight excluding hydrogens is 476 g/mol. The van der Waals surface area contributed by atoms with E-state index >= 15 is 0 Å². The van der Waals surface area contributed by atoms with Crippen molar-refractivity contribution in [3.8, 4) is 0 Å². The quantitative estimate of drug-likeness (QED) is 0.141. The van der Waals surface area contributed by atoms with Gasteiger partial charge in [-0.25, -0.2) is 10.6 Å². The minimum Gasteiger partial charge on any atom is -0.775 e. The first-order valence-electron chi connectivity index (χ1n) is 12.1. The molecule has 0 bridgehead atoms. The van der Waals surface area contributed by atoms with Crippen molar-refractivity contribution in [1.82, 2.24) is 10.5 Å².